The number of hydrogen-bond donors (Lipinski definition) is 1. The number of unbranched alkanes of at least 4 members (excludes halogenated alkanes) is 8. The van der Waals surface area contributed by atoms with Gasteiger partial charge >= 0.3 is 0 Å². The van der Waals surface area contributed by atoms with Crippen LogP contribution in [0.3, 0.4) is 0 Å². The summed E-state index contributed by atoms with van der Waals surface area (Å²) in [4.78, 5) is 12.4. The molecule has 1 aliphatic rings. The van der Waals surface area contributed by atoms with Crippen LogP contribution in [0.4, 0.5) is 0 Å². The van der Waals surface area contributed by atoms with Crippen LogP contribution in [0.25, 0.3) is 0 Å². The predicted octanol–water partition coefficient (Wildman–Crippen LogP) is 5.59. The maximum Gasteiger partial charge on any atom is 0.220 e. The van der Waals surface area contributed by atoms with E-state index < -0.39 is 0 Å². The summed E-state index contributed by atoms with van der Waals surface area (Å²) in [5.41, 5.74) is 0. The second kappa shape index (κ2) is 12.5. The van der Waals surface area contributed by atoms with Crippen molar-refractivity contribution in [3.63, 3.8) is 0 Å². The van der Waals surface area contributed by atoms with Gasteiger partial charge in [0.25, 0.3) is 0 Å². The number of nitrogens with one attached hydrogen (secondary N) is 1. The summed E-state index contributed by atoms with van der Waals surface area (Å²) in [6.45, 7) is 3.13. The molecule has 0 aromatic carbocycles. The van der Waals surface area contributed by atoms with E-state index in [-0.39, 0.29) is 5.91 Å². The molecule has 0 saturated heterocycles. The molecule has 0 heterocycles. The second-order valence-electron chi connectivity index (χ2n) is 6.59. The van der Waals surface area contributed by atoms with Crippen molar-refractivity contribution < 1.29 is 4.79 Å². The number of halogens is 1. The molecule has 0 bridgehead atoms. The lowest BCUT2D eigenvalue weighted by atomic mass is 10.1. The third-order valence-corrected chi connectivity index (χ3v) is 5.84. The summed E-state index contributed by atoms with van der Waals surface area (Å²) in [6, 6.07) is 0. The molecule has 2 unspecified atom stereocenters. The quantitative estimate of drug-likeness (QED) is 0.357. The molecule has 21 heavy (non-hydrogen) atoms. The molecule has 0 radical (unpaired) electrons. The molecule has 0 aromatic rings. The van der Waals surface area contributed by atoms with Crippen LogP contribution < -0.4 is 5.32 Å². The summed E-state index contributed by atoms with van der Waals surface area (Å²) in [5, 5.41) is 3.11. The lowest BCUT2D eigenvalue weighted by Crippen LogP contribution is -2.30. The van der Waals surface area contributed by atoms with E-state index in [1.165, 1.54) is 70.6 Å². The van der Waals surface area contributed by atoms with Gasteiger partial charge in [-0.15, -0.1) is 0 Å². The smallest absolute Gasteiger partial charge is 0.220 e. The van der Waals surface area contributed by atoms with Gasteiger partial charge in [-0.1, -0.05) is 80.6 Å². The van der Waals surface area contributed by atoms with Crippen LogP contribution in [0.15, 0.2) is 0 Å². The fourth-order valence-corrected chi connectivity index (χ4v) is 3.93. The number of amides is 1. The van der Waals surface area contributed by atoms with E-state index in [1.54, 1.807) is 0 Å². The van der Waals surface area contributed by atoms with Gasteiger partial charge in [0.05, 0.1) is 0 Å². The van der Waals surface area contributed by atoms with E-state index in [9.17, 15) is 4.79 Å². The topological polar surface area (TPSA) is 29.1 Å². The zero-order chi connectivity index (χ0) is 15.3. The van der Waals surface area contributed by atoms with Gasteiger partial charge in [0.2, 0.25) is 5.91 Å². The lowest BCUT2D eigenvalue weighted by Gasteiger charge is -2.14. The Balaban J connectivity index is 1.85. The van der Waals surface area contributed by atoms with Gasteiger partial charge in [-0.2, -0.15) is 0 Å². The number of rotatable bonds is 12. The SMILES string of the molecule is CCCCCCCCCCCC(=O)NCC1CCCC1Br. The summed E-state index contributed by atoms with van der Waals surface area (Å²) in [7, 11) is 0. The molecular weight excluding hydrogens is 326 g/mol. The van der Waals surface area contributed by atoms with Crippen molar-refractivity contribution in [3.8, 4) is 0 Å². The summed E-state index contributed by atoms with van der Waals surface area (Å²) < 4.78 is 0. The van der Waals surface area contributed by atoms with Crippen LogP contribution in [-0.2, 0) is 4.79 Å². The second-order valence-corrected chi connectivity index (χ2v) is 7.77. The van der Waals surface area contributed by atoms with Gasteiger partial charge in [0.1, 0.15) is 0 Å². The van der Waals surface area contributed by atoms with E-state index in [0.29, 0.717) is 10.7 Å². The van der Waals surface area contributed by atoms with Gasteiger partial charge < -0.3 is 5.32 Å². The van der Waals surface area contributed by atoms with Crippen molar-refractivity contribution >= 4 is 21.8 Å². The van der Waals surface area contributed by atoms with E-state index in [4.69, 9.17) is 0 Å². The molecule has 0 aliphatic heterocycles. The highest BCUT2D eigenvalue weighted by atomic mass is 79.9. The molecule has 1 rings (SSSR count). The largest absolute Gasteiger partial charge is 0.356 e. The first kappa shape index (κ1) is 19.0. The first-order chi connectivity index (χ1) is 10.2. The highest BCUT2D eigenvalue weighted by molar-refractivity contribution is 9.09. The van der Waals surface area contributed by atoms with Crippen LogP contribution in [0.5, 0.6) is 0 Å². The molecular formula is C18H34BrNO. The Morgan fingerprint density at radius 2 is 1.62 bits per heavy atom. The van der Waals surface area contributed by atoms with E-state index >= 15 is 0 Å². The maximum atomic E-state index is 11.8. The van der Waals surface area contributed by atoms with Crippen molar-refractivity contribution in [2.45, 2.75) is 95.2 Å². The standard InChI is InChI=1S/C18H34BrNO/c1-2-3-4-5-6-7-8-9-10-14-18(21)20-15-16-12-11-13-17(16)19/h16-17H,2-15H2,1H3,(H,20,21). The van der Waals surface area contributed by atoms with Gasteiger partial charge in [-0.25, -0.2) is 0 Å². The highest BCUT2D eigenvalue weighted by Crippen LogP contribution is 2.30. The Kier molecular flexibility index (Phi) is 11.3. The fourth-order valence-electron chi connectivity index (χ4n) is 3.15. The Morgan fingerprint density at radius 1 is 1.00 bits per heavy atom. The zero-order valence-electron chi connectivity index (χ0n) is 13.8. The van der Waals surface area contributed by atoms with Crippen molar-refractivity contribution in [2.75, 3.05) is 6.54 Å². The highest BCUT2D eigenvalue weighted by Gasteiger charge is 2.24. The Labute approximate surface area is 140 Å². The van der Waals surface area contributed by atoms with Crippen LogP contribution in [0, 0.1) is 5.92 Å². The lowest BCUT2D eigenvalue weighted by molar-refractivity contribution is -0.121. The molecule has 1 fully saturated rings. The molecule has 1 N–H and O–H groups in total. The minimum Gasteiger partial charge on any atom is -0.356 e. The molecule has 1 saturated carbocycles. The average Bonchev–Trinajstić information content (AvgIpc) is 2.89. The zero-order valence-corrected chi connectivity index (χ0v) is 15.4. The van der Waals surface area contributed by atoms with Crippen LogP contribution >= 0.6 is 15.9 Å². The number of hydrogen-bond acceptors (Lipinski definition) is 1. The minimum atomic E-state index is 0.254. The van der Waals surface area contributed by atoms with Gasteiger partial charge in [0.15, 0.2) is 0 Å². The molecule has 0 aromatic heterocycles. The van der Waals surface area contributed by atoms with Crippen LogP contribution in [0.1, 0.15) is 90.4 Å². The third kappa shape index (κ3) is 9.55. The summed E-state index contributed by atoms with van der Waals surface area (Å²) >= 11 is 3.71. The number of carbonyl (C=O) groups excluding carboxylic acids is 1. The van der Waals surface area contributed by atoms with E-state index in [1.807, 2.05) is 0 Å². The number of alkyl halides is 1. The van der Waals surface area contributed by atoms with Crippen molar-refractivity contribution in [1.29, 1.82) is 0 Å². The fraction of sp³-hybridized carbons (Fsp3) is 0.944. The molecule has 2 atom stereocenters. The molecule has 1 amide bonds. The molecule has 124 valence electrons. The first-order valence-electron chi connectivity index (χ1n) is 9.14. The molecule has 1 aliphatic carbocycles. The predicted molar refractivity (Wildman–Crippen MR) is 94.9 cm³/mol. The Morgan fingerprint density at radius 3 is 2.19 bits per heavy atom. The Bertz CT molecular complexity index is 270. The van der Waals surface area contributed by atoms with Gasteiger partial charge in [-0.3, -0.25) is 4.79 Å². The molecule has 2 nitrogen and oxygen atoms in total. The van der Waals surface area contributed by atoms with E-state index in [2.05, 4.69) is 28.2 Å². The Hall–Kier alpha value is -0.0500. The third-order valence-electron chi connectivity index (χ3n) is 4.64. The maximum absolute atomic E-state index is 11.8. The van der Waals surface area contributed by atoms with E-state index in [0.717, 1.165) is 19.4 Å². The van der Waals surface area contributed by atoms with Crippen molar-refractivity contribution in [2.24, 2.45) is 5.92 Å². The van der Waals surface area contributed by atoms with Crippen LogP contribution in [-0.4, -0.2) is 17.3 Å². The molecule has 0 spiro atoms. The average molecular weight is 360 g/mol. The monoisotopic (exact) mass is 359 g/mol. The minimum absolute atomic E-state index is 0.254. The van der Waals surface area contributed by atoms with Crippen LogP contribution in [0.2, 0.25) is 0 Å². The van der Waals surface area contributed by atoms with Gasteiger partial charge in [-0.05, 0) is 25.2 Å². The number of carbonyl (C=O) groups is 1. The van der Waals surface area contributed by atoms with Crippen molar-refractivity contribution in [3.05, 3.63) is 0 Å². The normalized spacial score (nSPS) is 21.6. The summed E-state index contributed by atoms with van der Waals surface area (Å²) in [5.74, 6) is 0.904. The summed E-state index contributed by atoms with van der Waals surface area (Å²) in [6.07, 6.45) is 16.3. The van der Waals surface area contributed by atoms with Gasteiger partial charge in [0, 0.05) is 17.8 Å². The first-order valence-corrected chi connectivity index (χ1v) is 10.1. The molecule has 3 heteroatoms. The van der Waals surface area contributed by atoms with Crippen molar-refractivity contribution in [1.82, 2.24) is 5.32 Å².